The van der Waals surface area contributed by atoms with Crippen molar-refractivity contribution in [3.05, 3.63) is 33.9 Å². The average Bonchev–Trinajstić information content (AvgIpc) is 2.15. The lowest BCUT2D eigenvalue weighted by Crippen LogP contribution is -2.45. The van der Waals surface area contributed by atoms with Gasteiger partial charge in [0.1, 0.15) is 5.54 Å². The van der Waals surface area contributed by atoms with Crippen molar-refractivity contribution in [3.63, 3.8) is 0 Å². The van der Waals surface area contributed by atoms with Crippen LogP contribution in [0.1, 0.15) is 19.4 Å². The van der Waals surface area contributed by atoms with Crippen molar-refractivity contribution in [1.29, 1.82) is 0 Å². The highest BCUT2D eigenvalue weighted by Crippen LogP contribution is 2.23. The van der Waals surface area contributed by atoms with Crippen molar-refractivity contribution >= 4 is 17.3 Å². The molecule has 1 rings (SSSR count). The van der Waals surface area contributed by atoms with Crippen molar-refractivity contribution in [2.24, 2.45) is 5.73 Å². The maximum absolute atomic E-state index is 11.1. The van der Waals surface area contributed by atoms with E-state index in [0.717, 1.165) is 0 Å². The predicted molar refractivity (Wildman–Crippen MR) is 64.7 cm³/mol. The number of carbonyl (C=O) groups is 1. The normalized spacial score (nSPS) is 11.0. The molecule has 0 fully saturated rings. The lowest BCUT2D eigenvalue weighted by atomic mass is 10.0. The molecule has 0 radical (unpaired) electrons. The Hall–Kier alpha value is -2.11. The average molecular weight is 237 g/mol. The number of nitrogens with one attached hydrogen (secondary N) is 1. The molecule has 6 heteroatoms. The van der Waals surface area contributed by atoms with Gasteiger partial charge in [-0.2, -0.15) is 0 Å². The summed E-state index contributed by atoms with van der Waals surface area (Å²) in [5.74, 6) is -0.492. The Balaban J connectivity index is 2.99. The molecular formula is C11H15N3O3. The summed E-state index contributed by atoms with van der Waals surface area (Å²) in [6.45, 7) is 4.93. The monoisotopic (exact) mass is 237 g/mol. The fourth-order valence-corrected chi connectivity index (χ4v) is 1.36. The molecule has 0 atom stereocenters. The highest BCUT2D eigenvalue weighted by molar-refractivity contribution is 5.87. The van der Waals surface area contributed by atoms with E-state index < -0.39 is 16.4 Å². The summed E-state index contributed by atoms with van der Waals surface area (Å²) in [6, 6.07) is 4.56. The molecule has 0 unspecified atom stereocenters. The van der Waals surface area contributed by atoms with E-state index in [2.05, 4.69) is 5.32 Å². The molecule has 1 aromatic rings. The van der Waals surface area contributed by atoms with Gasteiger partial charge in [-0.05, 0) is 32.9 Å². The minimum Gasteiger partial charge on any atom is -0.372 e. The molecule has 0 heterocycles. The summed E-state index contributed by atoms with van der Waals surface area (Å²) >= 11 is 0. The summed E-state index contributed by atoms with van der Waals surface area (Å²) in [5.41, 5.74) is 5.52. The number of rotatable bonds is 4. The van der Waals surface area contributed by atoms with Crippen LogP contribution in [0.5, 0.6) is 0 Å². The Labute approximate surface area is 99.0 Å². The first-order valence-corrected chi connectivity index (χ1v) is 5.07. The van der Waals surface area contributed by atoms with E-state index in [1.54, 1.807) is 32.9 Å². The van der Waals surface area contributed by atoms with Crippen LogP contribution in [0.25, 0.3) is 0 Å². The smallest absolute Gasteiger partial charge is 0.272 e. The van der Waals surface area contributed by atoms with Crippen LogP contribution in [0.2, 0.25) is 0 Å². The summed E-state index contributed by atoms with van der Waals surface area (Å²) in [6.07, 6.45) is 0. The lowest BCUT2D eigenvalue weighted by Gasteiger charge is -2.23. The van der Waals surface area contributed by atoms with Gasteiger partial charge in [-0.25, -0.2) is 0 Å². The standard InChI is InChI=1S/C11H15N3O3/c1-7-6-8(4-5-9(7)14(16)17)13-11(2,3)10(12)15/h4-6,13H,1-3H3,(H2,12,15). The van der Waals surface area contributed by atoms with Crippen LogP contribution in [0.15, 0.2) is 18.2 Å². The van der Waals surface area contributed by atoms with E-state index in [9.17, 15) is 14.9 Å². The largest absolute Gasteiger partial charge is 0.372 e. The van der Waals surface area contributed by atoms with Gasteiger partial charge in [-0.3, -0.25) is 14.9 Å². The second-order valence-corrected chi connectivity index (χ2v) is 4.37. The molecule has 1 amide bonds. The maximum atomic E-state index is 11.1. The van der Waals surface area contributed by atoms with Crippen molar-refractivity contribution in [3.8, 4) is 0 Å². The zero-order chi connectivity index (χ0) is 13.2. The Morgan fingerprint density at radius 1 is 1.47 bits per heavy atom. The second-order valence-electron chi connectivity index (χ2n) is 4.37. The number of nitrogens with two attached hydrogens (primary N) is 1. The predicted octanol–water partition coefficient (Wildman–Crippen LogP) is 1.58. The Morgan fingerprint density at radius 2 is 2.06 bits per heavy atom. The van der Waals surface area contributed by atoms with Crippen LogP contribution in [0.4, 0.5) is 11.4 Å². The zero-order valence-electron chi connectivity index (χ0n) is 9.98. The molecule has 1 aromatic carbocycles. The van der Waals surface area contributed by atoms with E-state index in [-0.39, 0.29) is 5.69 Å². The van der Waals surface area contributed by atoms with Gasteiger partial charge in [0.2, 0.25) is 5.91 Å². The summed E-state index contributed by atoms with van der Waals surface area (Å²) in [7, 11) is 0. The Bertz CT molecular complexity index is 469. The maximum Gasteiger partial charge on any atom is 0.272 e. The van der Waals surface area contributed by atoms with Crippen LogP contribution in [-0.4, -0.2) is 16.4 Å². The van der Waals surface area contributed by atoms with Crippen LogP contribution in [0, 0.1) is 17.0 Å². The quantitative estimate of drug-likeness (QED) is 0.613. The van der Waals surface area contributed by atoms with Crippen molar-refractivity contribution < 1.29 is 9.72 Å². The Kier molecular flexibility index (Phi) is 3.36. The highest BCUT2D eigenvalue weighted by atomic mass is 16.6. The molecule has 0 aliphatic carbocycles. The minimum absolute atomic E-state index is 0.0485. The third-order valence-electron chi connectivity index (χ3n) is 2.47. The number of aryl methyl sites for hydroxylation is 1. The fraction of sp³-hybridized carbons (Fsp3) is 0.364. The topological polar surface area (TPSA) is 98.3 Å². The van der Waals surface area contributed by atoms with Gasteiger partial charge in [0.15, 0.2) is 0 Å². The number of nitro benzene ring substituents is 1. The number of hydrogen-bond acceptors (Lipinski definition) is 4. The number of anilines is 1. The van der Waals surface area contributed by atoms with Gasteiger partial charge >= 0.3 is 0 Å². The molecule has 0 saturated heterocycles. The van der Waals surface area contributed by atoms with Crippen LogP contribution in [0.3, 0.4) is 0 Å². The van der Waals surface area contributed by atoms with Gasteiger partial charge in [0.05, 0.1) is 4.92 Å². The first-order valence-electron chi connectivity index (χ1n) is 5.07. The molecule has 0 saturated carbocycles. The number of benzene rings is 1. The first-order chi connectivity index (χ1) is 7.74. The van der Waals surface area contributed by atoms with Crippen molar-refractivity contribution in [2.45, 2.75) is 26.3 Å². The van der Waals surface area contributed by atoms with E-state index in [0.29, 0.717) is 11.3 Å². The van der Waals surface area contributed by atoms with Gasteiger partial charge < -0.3 is 11.1 Å². The lowest BCUT2D eigenvalue weighted by molar-refractivity contribution is -0.385. The van der Waals surface area contributed by atoms with Crippen molar-refractivity contribution in [1.82, 2.24) is 0 Å². The van der Waals surface area contributed by atoms with Gasteiger partial charge in [0.25, 0.3) is 5.69 Å². The van der Waals surface area contributed by atoms with E-state index in [1.807, 2.05) is 0 Å². The van der Waals surface area contributed by atoms with Crippen LogP contribution >= 0.6 is 0 Å². The molecule has 92 valence electrons. The molecule has 0 aromatic heterocycles. The summed E-state index contributed by atoms with van der Waals surface area (Å²) < 4.78 is 0. The van der Waals surface area contributed by atoms with E-state index >= 15 is 0 Å². The molecule has 0 aliphatic heterocycles. The number of carbonyl (C=O) groups excluding carboxylic acids is 1. The number of nitrogens with zero attached hydrogens (tertiary/aromatic N) is 1. The fourth-order valence-electron chi connectivity index (χ4n) is 1.36. The van der Waals surface area contributed by atoms with Gasteiger partial charge in [-0.15, -0.1) is 0 Å². The molecule has 0 spiro atoms. The Morgan fingerprint density at radius 3 is 2.47 bits per heavy atom. The number of hydrogen-bond donors (Lipinski definition) is 2. The molecular weight excluding hydrogens is 222 g/mol. The minimum atomic E-state index is -0.900. The second kappa shape index (κ2) is 4.40. The molecule has 6 nitrogen and oxygen atoms in total. The molecule has 3 N–H and O–H groups in total. The number of nitro groups is 1. The van der Waals surface area contributed by atoms with Gasteiger partial charge in [-0.1, -0.05) is 0 Å². The SMILES string of the molecule is Cc1cc(NC(C)(C)C(N)=O)ccc1[N+](=O)[O-]. The van der Waals surface area contributed by atoms with Crippen molar-refractivity contribution in [2.75, 3.05) is 5.32 Å². The first kappa shape index (κ1) is 13.0. The van der Waals surface area contributed by atoms with E-state index in [1.165, 1.54) is 6.07 Å². The van der Waals surface area contributed by atoms with E-state index in [4.69, 9.17) is 5.73 Å². The molecule has 0 bridgehead atoms. The van der Waals surface area contributed by atoms with Crippen LogP contribution < -0.4 is 11.1 Å². The highest BCUT2D eigenvalue weighted by Gasteiger charge is 2.24. The number of amides is 1. The molecule has 0 aliphatic rings. The van der Waals surface area contributed by atoms with Crippen LogP contribution in [-0.2, 0) is 4.79 Å². The summed E-state index contributed by atoms with van der Waals surface area (Å²) in [4.78, 5) is 21.3. The zero-order valence-corrected chi connectivity index (χ0v) is 9.98. The molecule has 17 heavy (non-hydrogen) atoms. The summed E-state index contributed by atoms with van der Waals surface area (Å²) in [5, 5.41) is 13.6. The number of primary amides is 1. The third kappa shape index (κ3) is 2.93. The van der Waals surface area contributed by atoms with Gasteiger partial charge in [0, 0.05) is 17.3 Å². The third-order valence-corrected chi connectivity index (χ3v) is 2.47.